The molecule has 0 aliphatic rings. The lowest BCUT2D eigenvalue weighted by Gasteiger charge is -1.85. The van der Waals surface area contributed by atoms with Gasteiger partial charge in [-0.15, -0.1) is 0 Å². The van der Waals surface area contributed by atoms with Crippen LogP contribution in [0, 0.1) is 5.41 Å². The molecule has 0 aromatic carbocycles. The van der Waals surface area contributed by atoms with Gasteiger partial charge in [-0.1, -0.05) is 0 Å². The Labute approximate surface area is 43.7 Å². The lowest BCUT2D eigenvalue weighted by molar-refractivity contribution is 0.187. The summed E-state index contributed by atoms with van der Waals surface area (Å²) in [5.74, 6) is 0. The van der Waals surface area contributed by atoms with Gasteiger partial charge in [-0.05, 0) is 25.5 Å². The third kappa shape index (κ3) is 5.63. The Morgan fingerprint density at radius 2 is 2.14 bits per heavy atom. The van der Waals surface area contributed by atoms with Gasteiger partial charge in [-0.3, -0.25) is 0 Å². The summed E-state index contributed by atoms with van der Waals surface area (Å²) < 4.78 is 0. The fraction of sp³-hybridized carbons (Fsp3) is 0.800. The molecule has 0 unspecified atom stereocenters. The van der Waals surface area contributed by atoms with Crippen molar-refractivity contribution in [1.29, 1.82) is 5.41 Å². The molecule has 0 saturated heterocycles. The monoisotopic (exact) mass is 100 g/mol. The number of nitrogens with one attached hydrogen (secondary N) is 1. The van der Waals surface area contributed by atoms with E-state index in [1.54, 1.807) is 0 Å². The van der Waals surface area contributed by atoms with E-state index in [1.165, 1.54) is 6.21 Å². The maximum absolute atomic E-state index is 9.73. The van der Waals surface area contributed by atoms with Gasteiger partial charge in [-0.25, -0.2) is 5.11 Å². The molecule has 0 amide bonds. The molecule has 7 heavy (non-hydrogen) atoms. The topological polar surface area (TPSA) is 43.8 Å². The minimum Gasteiger partial charge on any atom is -0.313 e. The van der Waals surface area contributed by atoms with Crippen LogP contribution in [0.4, 0.5) is 0 Å². The molecule has 1 N–H and O–H groups in total. The van der Waals surface area contributed by atoms with Crippen LogP contribution in [0.1, 0.15) is 19.3 Å². The lowest BCUT2D eigenvalue weighted by atomic mass is 10.3. The van der Waals surface area contributed by atoms with Crippen molar-refractivity contribution in [2.75, 3.05) is 6.61 Å². The quantitative estimate of drug-likeness (QED) is 0.408. The van der Waals surface area contributed by atoms with E-state index in [9.17, 15) is 5.11 Å². The van der Waals surface area contributed by atoms with Crippen molar-refractivity contribution in [3.8, 4) is 0 Å². The second kappa shape index (κ2) is 5.63. The van der Waals surface area contributed by atoms with Crippen LogP contribution in [0.15, 0.2) is 0 Å². The van der Waals surface area contributed by atoms with Gasteiger partial charge in [0.05, 0.1) is 6.61 Å². The smallest absolute Gasteiger partial charge is 0.0822 e. The van der Waals surface area contributed by atoms with Gasteiger partial charge in [-0.2, -0.15) is 0 Å². The molecule has 0 aromatic heterocycles. The Morgan fingerprint density at radius 1 is 1.43 bits per heavy atom. The first-order valence-corrected chi connectivity index (χ1v) is 2.49. The van der Waals surface area contributed by atoms with Crippen LogP contribution in [0.25, 0.3) is 0 Å². The summed E-state index contributed by atoms with van der Waals surface area (Å²) in [6, 6.07) is 0. The highest BCUT2D eigenvalue weighted by molar-refractivity contribution is 5.52. The number of unbranched alkanes of at least 4 members (excludes halogenated alkanes) is 2. The Morgan fingerprint density at radius 3 is 2.57 bits per heavy atom. The molecule has 0 aliphatic heterocycles. The molecule has 0 bridgehead atoms. The summed E-state index contributed by atoms with van der Waals surface area (Å²) in [7, 11) is 0. The van der Waals surface area contributed by atoms with E-state index < -0.39 is 0 Å². The highest BCUT2D eigenvalue weighted by atomic mass is 16.2. The first kappa shape index (κ1) is 6.63. The standard InChI is InChI=1S/C5H10NO/c6-4-2-1-3-5-7/h4,6H,1-3,5H2. The van der Waals surface area contributed by atoms with Crippen molar-refractivity contribution < 1.29 is 5.11 Å². The fourth-order valence-electron chi connectivity index (χ4n) is 0.348. The molecule has 0 rings (SSSR count). The molecule has 0 heterocycles. The van der Waals surface area contributed by atoms with E-state index in [2.05, 4.69) is 0 Å². The molecule has 0 fully saturated rings. The zero-order chi connectivity index (χ0) is 5.54. The zero-order valence-electron chi connectivity index (χ0n) is 4.31. The molecule has 2 nitrogen and oxygen atoms in total. The molecule has 1 radical (unpaired) electrons. The van der Waals surface area contributed by atoms with Gasteiger partial charge in [0.15, 0.2) is 0 Å². The molecule has 0 atom stereocenters. The van der Waals surface area contributed by atoms with Crippen molar-refractivity contribution in [2.45, 2.75) is 19.3 Å². The highest BCUT2D eigenvalue weighted by Gasteiger charge is 1.80. The second-order valence-electron chi connectivity index (χ2n) is 1.40. The maximum Gasteiger partial charge on any atom is 0.0822 e. The third-order valence-corrected chi connectivity index (χ3v) is 0.743. The molecule has 0 saturated carbocycles. The predicted molar refractivity (Wildman–Crippen MR) is 28.2 cm³/mol. The first-order chi connectivity index (χ1) is 3.41. The van der Waals surface area contributed by atoms with Crippen LogP contribution in [0.2, 0.25) is 0 Å². The van der Waals surface area contributed by atoms with Crippen molar-refractivity contribution >= 4 is 6.21 Å². The van der Waals surface area contributed by atoms with Crippen LogP contribution in [-0.4, -0.2) is 12.8 Å². The summed E-state index contributed by atoms with van der Waals surface area (Å²) in [6.07, 6.45) is 3.71. The Bertz CT molecular complexity index is 45.3. The fourth-order valence-corrected chi connectivity index (χ4v) is 0.348. The highest BCUT2D eigenvalue weighted by Crippen LogP contribution is 1.88. The SMILES string of the molecule is N=CCCCC[O]. The van der Waals surface area contributed by atoms with Crippen LogP contribution >= 0.6 is 0 Å². The van der Waals surface area contributed by atoms with Crippen LogP contribution < -0.4 is 0 Å². The molecule has 0 aromatic rings. The van der Waals surface area contributed by atoms with Gasteiger partial charge in [0.25, 0.3) is 0 Å². The Balaban J connectivity index is 2.56. The number of hydrogen-bond acceptors (Lipinski definition) is 1. The average Bonchev–Trinajstić information content (AvgIpc) is 1.69. The predicted octanol–water partition coefficient (Wildman–Crippen LogP) is 1.24. The average molecular weight is 100 g/mol. The minimum absolute atomic E-state index is 0.00778. The van der Waals surface area contributed by atoms with Gasteiger partial charge in [0.1, 0.15) is 0 Å². The number of rotatable bonds is 4. The van der Waals surface area contributed by atoms with Crippen molar-refractivity contribution in [2.24, 2.45) is 0 Å². The molecule has 2 heteroatoms. The summed E-state index contributed by atoms with van der Waals surface area (Å²) in [5.41, 5.74) is 0. The maximum atomic E-state index is 9.73. The molecule has 41 valence electrons. The third-order valence-electron chi connectivity index (χ3n) is 0.743. The van der Waals surface area contributed by atoms with Crippen LogP contribution in [-0.2, 0) is 5.11 Å². The van der Waals surface area contributed by atoms with Gasteiger partial charge < -0.3 is 5.41 Å². The molecule has 0 aliphatic carbocycles. The van der Waals surface area contributed by atoms with Crippen molar-refractivity contribution in [3.63, 3.8) is 0 Å². The number of hydrogen-bond donors (Lipinski definition) is 1. The molecule has 0 spiro atoms. The van der Waals surface area contributed by atoms with E-state index in [0.717, 1.165) is 19.3 Å². The van der Waals surface area contributed by atoms with E-state index >= 15 is 0 Å². The summed E-state index contributed by atoms with van der Waals surface area (Å²) in [4.78, 5) is 0. The van der Waals surface area contributed by atoms with Gasteiger partial charge in [0.2, 0.25) is 0 Å². The van der Waals surface area contributed by atoms with Gasteiger partial charge >= 0.3 is 0 Å². The second-order valence-corrected chi connectivity index (χ2v) is 1.40. The molecular formula is C5H10NO. The summed E-state index contributed by atoms with van der Waals surface area (Å²) >= 11 is 0. The normalized spacial score (nSPS) is 8.71. The van der Waals surface area contributed by atoms with Gasteiger partial charge in [0, 0.05) is 0 Å². The zero-order valence-corrected chi connectivity index (χ0v) is 4.31. The molecular weight excluding hydrogens is 90.1 g/mol. The first-order valence-electron chi connectivity index (χ1n) is 2.49. The minimum atomic E-state index is 0.00778. The Kier molecular flexibility index (Phi) is 5.33. The van der Waals surface area contributed by atoms with E-state index in [1.807, 2.05) is 0 Å². The lowest BCUT2D eigenvalue weighted by Crippen LogP contribution is -1.80. The Hall–Kier alpha value is -0.370. The van der Waals surface area contributed by atoms with Crippen molar-refractivity contribution in [3.05, 3.63) is 0 Å². The van der Waals surface area contributed by atoms with Crippen LogP contribution in [0.5, 0.6) is 0 Å². The van der Waals surface area contributed by atoms with Crippen molar-refractivity contribution in [1.82, 2.24) is 0 Å². The van der Waals surface area contributed by atoms with Crippen LogP contribution in [0.3, 0.4) is 0 Å². The van der Waals surface area contributed by atoms with E-state index in [4.69, 9.17) is 5.41 Å². The summed E-state index contributed by atoms with van der Waals surface area (Å²) in [6.45, 7) is 0.00778. The van der Waals surface area contributed by atoms with E-state index in [0.29, 0.717) is 0 Å². The largest absolute Gasteiger partial charge is 0.313 e. The summed E-state index contributed by atoms with van der Waals surface area (Å²) in [5, 5.41) is 16.3. The van der Waals surface area contributed by atoms with E-state index in [-0.39, 0.29) is 6.61 Å².